The van der Waals surface area contributed by atoms with Crippen LogP contribution in [0.5, 0.6) is 0 Å². The molecule has 2 amide bonds. The maximum Gasteiger partial charge on any atom is 0.352 e. The third-order valence-electron chi connectivity index (χ3n) is 5.44. The van der Waals surface area contributed by atoms with Crippen molar-refractivity contribution in [1.29, 1.82) is 0 Å². The van der Waals surface area contributed by atoms with Gasteiger partial charge in [-0.25, -0.2) is 8.78 Å². The van der Waals surface area contributed by atoms with Gasteiger partial charge in [-0.1, -0.05) is 0 Å². The van der Waals surface area contributed by atoms with E-state index in [9.17, 15) is 27.2 Å². The molecule has 3 N–H and O–H groups in total. The molecule has 0 bridgehead atoms. The summed E-state index contributed by atoms with van der Waals surface area (Å²) in [5, 5.41) is 2.44. The molecule has 1 fully saturated rings. The van der Waals surface area contributed by atoms with E-state index < -0.39 is 40.5 Å². The Kier molecular flexibility index (Phi) is 6.09. The highest BCUT2D eigenvalue weighted by atomic mass is 19.3. The van der Waals surface area contributed by atoms with Gasteiger partial charge in [-0.15, -0.1) is 0 Å². The molecule has 0 aliphatic carbocycles. The average molecular weight is 437 g/mol. The van der Waals surface area contributed by atoms with Gasteiger partial charge in [0.2, 0.25) is 0 Å². The number of alkyl halides is 2. The van der Waals surface area contributed by atoms with Crippen LogP contribution in [0.2, 0.25) is 0 Å². The number of aryl methyl sites for hydroxylation is 1. The third-order valence-corrected chi connectivity index (χ3v) is 5.44. The fourth-order valence-electron chi connectivity index (χ4n) is 3.37. The lowest BCUT2D eigenvalue weighted by Crippen LogP contribution is -2.53. The normalized spacial score (nSPS) is 16.2. The van der Waals surface area contributed by atoms with Gasteiger partial charge in [0.15, 0.2) is 0 Å². The first-order valence-corrected chi connectivity index (χ1v) is 9.74. The summed E-state index contributed by atoms with van der Waals surface area (Å²) in [6.07, 6.45) is 0.688. The molecule has 1 aliphatic heterocycles. The Morgan fingerprint density at radius 1 is 1.06 bits per heavy atom. The molecule has 2 aromatic rings. The standard InChI is InChI=1S/C22H23F4N3O2/c1-13-11-15(4-6-17(13)23)28-19(30)14-3-5-18(24)16(12-14)22(25,26)20(31)29-9-7-21(2,27)8-10-29/h3-6,11-12H,7-10,27H2,1-2H3,(H,28,30). The van der Waals surface area contributed by atoms with Gasteiger partial charge in [0.05, 0.1) is 5.56 Å². The summed E-state index contributed by atoms with van der Waals surface area (Å²) in [5.41, 5.74) is 4.50. The Morgan fingerprint density at radius 2 is 1.68 bits per heavy atom. The van der Waals surface area contributed by atoms with Crippen molar-refractivity contribution >= 4 is 17.5 Å². The number of rotatable bonds is 4. The second kappa shape index (κ2) is 8.30. The van der Waals surface area contributed by atoms with Crippen LogP contribution in [-0.4, -0.2) is 35.3 Å². The maximum atomic E-state index is 14.9. The minimum Gasteiger partial charge on any atom is -0.337 e. The number of carbonyl (C=O) groups excluding carboxylic acids is 2. The SMILES string of the molecule is Cc1cc(NC(=O)c2ccc(F)c(C(F)(F)C(=O)N3CCC(C)(N)CC3)c2)ccc1F. The van der Waals surface area contributed by atoms with Crippen molar-refractivity contribution in [2.45, 2.75) is 38.2 Å². The third kappa shape index (κ3) is 4.87. The molecular formula is C22H23F4N3O2. The van der Waals surface area contributed by atoms with E-state index in [4.69, 9.17) is 5.73 Å². The maximum absolute atomic E-state index is 14.9. The molecule has 0 atom stereocenters. The van der Waals surface area contributed by atoms with Crippen LogP contribution in [0, 0.1) is 18.6 Å². The van der Waals surface area contributed by atoms with Crippen LogP contribution in [0.15, 0.2) is 36.4 Å². The number of benzene rings is 2. The predicted molar refractivity (Wildman–Crippen MR) is 108 cm³/mol. The van der Waals surface area contributed by atoms with Crippen LogP contribution in [0.4, 0.5) is 23.2 Å². The minimum atomic E-state index is -4.16. The number of amides is 2. The highest BCUT2D eigenvalue weighted by molar-refractivity contribution is 6.04. The van der Waals surface area contributed by atoms with Crippen molar-refractivity contribution in [3.63, 3.8) is 0 Å². The Hall–Kier alpha value is -2.94. The monoisotopic (exact) mass is 437 g/mol. The van der Waals surface area contributed by atoms with Crippen LogP contribution in [0.25, 0.3) is 0 Å². The van der Waals surface area contributed by atoms with Gasteiger partial charge in [0.1, 0.15) is 11.6 Å². The van der Waals surface area contributed by atoms with Crippen molar-refractivity contribution in [1.82, 2.24) is 4.90 Å². The number of likely N-dealkylation sites (tertiary alicyclic amines) is 1. The molecule has 0 spiro atoms. The number of anilines is 1. The van der Waals surface area contributed by atoms with Crippen molar-refractivity contribution in [2.24, 2.45) is 5.73 Å². The van der Waals surface area contributed by atoms with Gasteiger partial charge >= 0.3 is 5.92 Å². The lowest BCUT2D eigenvalue weighted by molar-refractivity contribution is -0.161. The van der Waals surface area contributed by atoms with Crippen LogP contribution in [0.3, 0.4) is 0 Å². The van der Waals surface area contributed by atoms with Crippen LogP contribution < -0.4 is 11.1 Å². The Morgan fingerprint density at radius 3 is 2.29 bits per heavy atom. The molecule has 3 rings (SSSR count). The van der Waals surface area contributed by atoms with E-state index in [2.05, 4.69) is 5.32 Å². The van der Waals surface area contributed by atoms with Crippen LogP contribution in [0.1, 0.15) is 41.3 Å². The second-order valence-electron chi connectivity index (χ2n) is 8.13. The number of hydrogen-bond donors (Lipinski definition) is 2. The predicted octanol–water partition coefficient (Wildman–Crippen LogP) is 3.96. The molecule has 0 saturated carbocycles. The van der Waals surface area contributed by atoms with Gasteiger partial charge in [-0.05, 0) is 68.7 Å². The van der Waals surface area contributed by atoms with Gasteiger partial charge in [0, 0.05) is 29.9 Å². The summed E-state index contributed by atoms with van der Waals surface area (Å²) in [5.74, 6) is -8.25. The molecule has 1 saturated heterocycles. The molecule has 1 heterocycles. The topological polar surface area (TPSA) is 75.4 Å². The summed E-state index contributed by atoms with van der Waals surface area (Å²) in [6, 6.07) is 6.25. The molecule has 166 valence electrons. The number of nitrogens with zero attached hydrogens (tertiary/aromatic N) is 1. The summed E-state index contributed by atoms with van der Waals surface area (Å²) in [4.78, 5) is 25.9. The van der Waals surface area contributed by atoms with Gasteiger partial charge in [0.25, 0.3) is 11.8 Å². The molecule has 0 radical (unpaired) electrons. The number of nitrogens with two attached hydrogens (primary N) is 1. The van der Waals surface area contributed by atoms with E-state index in [-0.39, 0.29) is 29.9 Å². The fourth-order valence-corrected chi connectivity index (χ4v) is 3.37. The van der Waals surface area contributed by atoms with Crippen molar-refractivity contribution in [3.05, 3.63) is 64.7 Å². The largest absolute Gasteiger partial charge is 0.352 e. The summed E-state index contributed by atoms with van der Waals surface area (Å²) >= 11 is 0. The van der Waals surface area contributed by atoms with E-state index in [1.54, 1.807) is 6.92 Å². The van der Waals surface area contributed by atoms with Crippen molar-refractivity contribution in [3.8, 4) is 0 Å². The first-order chi connectivity index (χ1) is 14.4. The summed E-state index contributed by atoms with van der Waals surface area (Å²) in [6.45, 7) is 3.35. The molecule has 5 nitrogen and oxygen atoms in total. The Balaban J connectivity index is 1.83. The smallest absolute Gasteiger partial charge is 0.337 e. The molecule has 0 aromatic heterocycles. The highest BCUT2D eigenvalue weighted by Gasteiger charge is 2.47. The molecule has 2 aromatic carbocycles. The second-order valence-corrected chi connectivity index (χ2v) is 8.13. The van der Waals surface area contributed by atoms with E-state index >= 15 is 0 Å². The van der Waals surface area contributed by atoms with Gasteiger partial charge in [-0.3, -0.25) is 9.59 Å². The highest BCUT2D eigenvalue weighted by Crippen LogP contribution is 2.34. The Bertz CT molecular complexity index is 1010. The van der Waals surface area contributed by atoms with E-state index in [0.717, 1.165) is 17.0 Å². The molecule has 0 unspecified atom stereocenters. The zero-order valence-corrected chi connectivity index (χ0v) is 17.1. The molecule has 9 heteroatoms. The lowest BCUT2D eigenvalue weighted by atomic mass is 9.90. The number of piperidine rings is 1. The number of halogens is 4. The molecular weight excluding hydrogens is 414 g/mol. The van der Waals surface area contributed by atoms with Crippen molar-refractivity contribution < 1.29 is 27.2 Å². The van der Waals surface area contributed by atoms with E-state index in [1.165, 1.54) is 19.1 Å². The minimum absolute atomic E-state index is 0.0349. The van der Waals surface area contributed by atoms with E-state index in [1.807, 2.05) is 0 Å². The molecule has 31 heavy (non-hydrogen) atoms. The van der Waals surface area contributed by atoms with E-state index in [0.29, 0.717) is 25.0 Å². The quantitative estimate of drug-likeness (QED) is 0.711. The number of nitrogens with one attached hydrogen (secondary N) is 1. The van der Waals surface area contributed by atoms with Crippen LogP contribution in [-0.2, 0) is 10.7 Å². The number of carbonyl (C=O) groups is 2. The lowest BCUT2D eigenvalue weighted by Gasteiger charge is -2.38. The summed E-state index contributed by atoms with van der Waals surface area (Å²) < 4.78 is 57.5. The number of hydrogen-bond acceptors (Lipinski definition) is 3. The zero-order chi connectivity index (χ0) is 23.0. The first kappa shape index (κ1) is 22.7. The average Bonchev–Trinajstić information content (AvgIpc) is 2.70. The molecule has 1 aliphatic rings. The first-order valence-electron chi connectivity index (χ1n) is 9.74. The Labute approximate surface area is 177 Å². The van der Waals surface area contributed by atoms with Crippen LogP contribution >= 0.6 is 0 Å². The zero-order valence-electron chi connectivity index (χ0n) is 17.1. The van der Waals surface area contributed by atoms with Crippen molar-refractivity contribution in [2.75, 3.05) is 18.4 Å². The van der Waals surface area contributed by atoms with Gasteiger partial charge in [-0.2, -0.15) is 8.78 Å². The fraction of sp³-hybridized carbons (Fsp3) is 0.364. The van der Waals surface area contributed by atoms with Gasteiger partial charge < -0.3 is 16.0 Å². The summed E-state index contributed by atoms with van der Waals surface area (Å²) in [7, 11) is 0.